The van der Waals surface area contributed by atoms with Crippen molar-refractivity contribution in [1.82, 2.24) is 4.90 Å². The summed E-state index contributed by atoms with van der Waals surface area (Å²) in [4.78, 5) is 12.9. The van der Waals surface area contributed by atoms with Gasteiger partial charge in [-0.1, -0.05) is 12.1 Å². The molecule has 1 aliphatic rings. The number of piperidine rings is 1. The molecule has 16 heavy (non-hydrogen) atoms. The first-order valence-corrected chi connectivity index (χ1v) is 5.27. The third kappa shape index (κ3) is 2.07. The van der Waals surface area contributed by atoms with E-state index in [4.69, 9.17) is 0 Å². The van der Waals surface area contributed by atoms with Gasteiger partial charge >= 0.3 is 0 Å². The number of hydrogen-bond donors (Lipinski definition) is 1. The van der Waals surface area contributed by atoms with Gasteiger partial charge in [-0.05, 0) is 30.0 Å². The van der Waals surface area contributed by atoms with E-state index in [9.17, 15) is 14.3 Å². The van der Waals surface area contributed by atoms with Gasteiger partial charge in [-0.25, -0.2) is 4.39 Å². The number of nitrogens with zero attached hydrogens (tertiary/aromatic N) is 1. The maximum absolute atomic E-state index is 12.7. The Morgan fingerprint density at radius 3 is 2.56 bits per heavy atom. The SMILES string of the molecule is CN1C(=O)CC(c2ccc(F)cc2)CC1O. The summed E-state index contributed by atoms with van der Waals surface area (Å²) in [5.41, 5.74) is 0.905. The lowest BCUT2D eigenvalue weighted by Crippen LogP contribution is -2.43. The minimum atomic E-state index is -0.740. The Balaban J connectivity index is 2.17. The Morgan fingerprint density at radius 1 is 1.38 bits per heavy atom. The van der Waals surface area contributed by atoms with Crippen LogP contribution in [0.3, 0.4) is 0 Å². The van der Waals surface area contributed by atoms with Gasteiger partial charge in [-0.2, -0.15) is 0 Å². The van der Waals surface area contributed by atoms with E-state index < -0.39 is 6.23 Å². The summed E-state index contributed by atoms with van der Waals surface area (Å²) in [6, 6.07) is 6.10. The van der Waals surface area contributed by atoms with Gasteiger partial charge in [0, 0.05) is 13.5 Å². The van der Waals surface area contributed by atoms with Crippen LogP contribution in [-0.4, -0.2) is 29.2 Å². The quantitative estimate of drug-likeness (QED) is 0.783. The Hall–Kier alpha value is -1.42. The van der Waals surface area contributed by atoms with Crippen LogP contribution in [0.1, 0.15) is 24.3 Å². The van der Waals surface area contributed by atoms with Crippen LogP contribution in [0.15, 0.2) is 24.3 Å². The Morgan fingerprint density at radius 2 is 2.00 bits per heavy atom. The van der Waals surface area contributed by atoms with Crippen LogP contribution < -0.4 is 0 Å². The molecule has 2 unspecified atom stereocenters. The summed E-state index contributed by atoms with van der Waals surface area (Å²) in [6.45, 7) is 0. The molecule has 0 spiro atoms. The lowest BCUT2D eigenvalue weighted by Gasteiger charge is -2.33. The molecule has 2 rings (SSSR count). The van der Waals surface area contributed by atoms with Gasteiger partial charge in [-0.15, -0.1) is 0 Å². The molecule has 0 radical (unpaired) electrons. The molecule has 4 heteroatoms. The minimum absolute atomic E-state index is 0.0145. The predicted molar refractivity (Wildman–Crippen MR) is 57.2 cm³/mol. The second-order valence-electron chi connectivity index (χ2n) is 4.17. The average Bonchev–Trinajstić information content (AvgIpc) is 2.26. The fraction of sp³-hybridized carbons (Fsp3) is 0.417. The first kappa shape index (κ1) is 11.1. The predicted octanol–water partition coefficient (Wildman–Crippen LogP) is 1.48. The van der Waals surface area contributed by atoms with Crippen molar-refractivity contribution in [3.05, 3.63) is 35.6 Å². The second-order valence-corrected chi connectivity index (χ2v) is 4.17. The molecule has 1 fully saturated rings. The van der Waals surface area contributed by atoms with E-state index in [1.807, 2.05) is 0 Å². The van der Waals surface area contributed by atoms with Crippen LogP contribution in [-0.2, 0) is 4.79 Å². The van der Waals surface area contributed by atoms with Gasteiger partial charge in [0.05, 0.1) is 0 Å². The van der Waals surface area contributed by atoms with Crippen LogP contribution in [0.25, 0.3) is 0 Å². The number of aliphatic hydroxyl groups is 1. The fourth-order valence-corrected chi connectivity index (χ4v) is 2.01. The van der Waals surface area contributed by atoms with Crippen molar-refractivity contribution in [2.75, 3.05) is 7.05 Å². The summed E-state index contributed by atoms with van der Waals surface area (Å²) in [7, 11) is 1.59. The average molecular weight is 223 g/mol. The molecule has 0 aromatic heterocycles. The molecule has 1 heterocycles. The van der Waals surface area contributed by atoms with E-state index in [1.54, 1.807) is 19.2 Å². The third-order valence-corrected chi connectivity index (χ3v) is 3.10. The van der Waals surface area contributed by atoms with Crippen LogP contribution in [0.2, 0.25) is 0 Å². The Kier molecular flexibility index (Phi) is 2.92. The van der Waals surface area contributed by atoms with Gasteiger partial charge in [0.1, 0.15) is 12.0 Å². The molecule has 1 saturated heterocycles. The molecular weight excluding hydrogens is 209 g/mol. The van der Waals surface area contributed by atoms with Crippen molar-refractivity contribution >= 4 is 5.91 Å². The molecule has 0 bridgehead atoms. The summed E-state index contributed by atoms with van der Waals surface area (Å²) in [5.74, 6) is -0.379. The van der Waals surface area contributed by atoms with Crippen LogP contribution in [0.5, 0.6) is 0 Å². The molecule has 86 valence electrons. The van der Waals surface area contributed by atoms with Gasteiger partial charge in [0.2, 0.25) is 5.91 Å². The number of rotatable bonds is 1. The normalized spacial score (nSPS) is 25.9. The Labute approximate surface area is 93.5 Å². The van der Waals surface area contributed by atoms with Gasteiger partial charge < -0.3 is 10.0 Å². The largest absolute Gasteiger partial charge is 0.374 e. The molecule has 0 saturated carbocycles. The van der Waals surface area contributed by atoms with E-state index in [0.717, 1.165) is 5.56 Å². The number of hydrogen-bond acceptors (Lipinski definition) is 2. The van der Waals surface area contributed by atoms with Crippen molar-refractivity contribution in [2.45, 2.75) is 25.0 Å². The molecule has 3 nitrogen and oxygen atoms in total. The number of amides is 1. The maximum atomic E-state index is 12.7. The highest BCUT2D eigenvalue weighted by atomic mass is 19.1. The number of carbonyl (C=O) groups excluding carboxylic acids is 1. The van der Waals surface area contributed by atoms with E-state index >= 15 is 0 Å². The highest BCUT2D eigenvalue weighted by Gasteiger charge is 2.30. The van der Waals surface area contributed by atoms with E-state index in [-0.39, 0.29) is 17.6 Å². The summed E-state index contributed by atoms with van der Waals surface area (Å²) >= 11 is 0. The third-order valence-electron chi connectivity index (χ3n) is 3.10. The highest BCUT2D eigenvalue weighted by Crippen LogP contribution is 2.30. The second kappa shape index (κ2) is 4.22. The van der Waals surface area contributed by atoms with E-state index in [0.29, 0.717) is 12.8 Å². The molecule has 1 N–H and O–H groups in total. The molecule has 1 amide bonds. The van der Waals surface area contributed by atoms with Crippen molar-refractivity contribution in [1.29, 1.82) is 0 Å². The fourth-order valence-electron chi connectivity index (χ4n) is 2.01. The standard InChI is InChI=1S/C12H14FNO2/c1-14-11(15)6-9(7-12(14)16)8-2-4-10(13)5-3-8/h2-5,9,11,15H,6-7H2,1H3. The topological polar surface area (TPSA) is 40.5 Å². The van der Waals surface area contributed by atoms with E-state index in [2.05, 4.69) is 0 Å². The van der Waals surface area contributed by atoms with Gasteiger partial charge in [-0.3, -0.25) is 4.79 Å². The van der Waals surface area contributed by atoms with Crippen molar-refractivity contribution in [3.63, 3.8) is 0 Å². The summed E-state index contributed by atoms with van der Waals surface area (Å²) in [6.07, 6.45) is 0.142. The molecule has 0 aliphatic carbocycles. The van der Waals surface area contributed by atoms with Crippen LogP contribution >= 0.6 is 0 Å². The highest BCUT2D eigenvalue weighted by molar-refractivity contribution is 5.78. The monoisotopic (exact) mass is 223 g/mol. The van der Waals surface area contributed by atoms with E-state index in [1.165, 1.54) is 17.0 Å². The first-order chi connectivity index (χ1) is 7.58. The maximum Gasteiger partial charge on any atom is 0.224 e. The molecular formula is C12H14FNO2. The lowest BCUT2D eigenvalue weighted by atomic mass is 9.88. The molecule has 1 aromatic rings. The van der Waals surface area contributed by atoms with Crippen LogP contribution in [0.4, 0.5) is 4.39 Å². The van der Waals surface area contributed by atoms with Crippen molar-refractivity contribution < 1.29 is 14.3 Å². The number of carbonyl (C=O) groups is 1. The molecule has 1 aliphatic heterocycles. The minimum Gasteiger partial charge on any atom is -0.374 e. The summed E-state index contributed by atoms with van der Waals surface area (Å²) < 4.78 is 12.7. The van der Waals surface area contributed by atoms with Gasteiger partial charge in [0.25, 0.3) is 0 Å². The zero-order valence-electron chi connectivity index (χ0n) is 9.06. The van der Waals surface area contributed by atoms with Crippen LogP contribution in [0, 0.1) is 5.82 Å². The lowest BCUT2D eigenvalue weighted by molar-refractivity contribution is -0.144. The zero-order valence-corrected chi connectivity index (χ0v) is 9.06. The van der Waals surface area contributed by atoms with Gasteiger partial charge in [0.15, 0.2) is 0 Å². The molecule has 2 atom stereocenters. The smallest absolute Gasteiger partial charge is 0.224 e. The zero-order chi connectivity index (χ0) is 11.7. The molecule has 1 aromatic carbocycles. The number of benzene rings is 1. The number of aliphatic hydroxyl groups excluding tert-OH is 1. The number of likely N-dealkylation sites (tertiary alicyclic amines) is 1. The van der Waals surface area contributed by atoms with Crippen molar-refractivity contribution in [2.24, 2.45) is 0 Å². The number of halogens is 1. The first-order valence-electron chi connectivity index (χ1n) is 5.27. The summed E-state index contributed by atoms with van der Waals surface area (Å²) in [5, 5.41) is 9.67. The Bertz CT molecular complexity index is 391. The van der Waals surface area contributed by atoms with Crippen molar-refractivity contribution in [3.8, 4) is 0 Å².